The third kappa shape index (κ3) is 3.76. The largest absolute Gasteiger partial charge is 0.378 e. The molecule has 0 radical (unpaired) electrons. The van der Waals surface area contributed by atoms with Crippen LogP contribution in [-0.2, 0) is 14.3 Å². The Morgan fingerprint density at radius 3 is 2.36 bits per heavy atom. The average molecular weight is 348 g/mol. The molecule has 5 nitrogen and oxygen atoms in total. The first-order valence-corrected chi connectivity index (χ1v) is 9.62. The lowest BCUT2D eigenvalue weighted by molar-refractivity contribution is -0.144. The Balaban J connectivity index is 1.62. The Bertz CT molecular complexity index is 559. The molecule has 0 aromatic rings. The fourth-order valence-corrected chi connectivity index (χ4v) is 4.44. The maximum Gasteiger partial charge on any atom is 0.227 e. The fraction of sp³-hybridized carbons (Fsp3) is 0.800. The number of allylic oxidation sites excluding steroid dienone is 2. The van der Waals surface area contributed by atoms with Crippen molar-refractivity contribution in [1.82, 2.24) is 9.80 Å². The summed E-state index contributed by atoms with van der Waals surface area (Å²) in [6.07, 6.45) is 4.06. The molecule has 0 N–H and O–H groups in total. The van der Waals surface area contributed by atoms with Crippen molar-refractivity contribution >= 4 is 11.8 Å². The van der Waals surface area contributed by atoms with Crippen LogP contribution in [0.3, 0.4) is 0 Å². The number of carbonyl (C=O) groups is 2. The van der Waals surface area contributed by atoms with E-state index in [1.165, 1.54) is 5.57 Å². The lowest BCUT2D eigenvalue weighted by Gasteiger charge is -2.36. The minimum atomic E-state index is -0.0421. The number of piperidine rings is 1. The van der Waals surface area contributed by atoms with E-state index in [4.69, 9.17) is 4.74 Å². The molecule has 3 aliphatic rings. The summed E-state index contributed by atoms with van der Waals surface area (Å²) in [6, 6.07) is 0. The Morgan fingerprint density at radius 1 is 1.04 bits per heavy atom. The van der Waals surface area contributed by atoms with Gasteiger partial charge in [-0.3, -0.25) is 9.59 Å². The number of carbonyl (C=O) groups excluding carboxylic acids is 2. The van der Waals surface area contributed by atoms with Gasteiger partial charge in [0.15, 0.2) is 0 Å². The van der Waals surface area contributed by atoms with Gasteiger partial charge in [-0.25, -0.2) is 0 Å². The van der Waals surface area contributed by atoms with E-state index in [2.05, 4.69) is 33.8 Å². The van der Waals surface area contributed by atoms with E-state index < -0.39 is 0 Å². The maximum absolute atomic E-state index is 13.1. The highest BCUT2D eigenvalue weighted by atomic mass is 16.5. The van der Waals surface area contributed by atoms with Crippen molar-refractivity contribution in [2.24, 2.45) is 23.2 Å². The van der Waals surface area contributed by atoms with Crippen LogP contribution in [0.4, 0.5) is 0 Å². The Labute approximate surface area is 151 Å². The predicted octanol–water partition coefficient (Wildman–Crippen LogP) is 2.32. The van der Waals surface area contributed by atoms with Gasteiger partial charge in [-0.05, 0) is 38.0 Å². The lowest BCUT2D eigenvalue weighted by atomic mass is 9.95. The highest BCUT2D eigenvalue weighted by molar-refractivity contribution is 5.85. The van der Waals surface area contributed by atoms with Gasteiger partial charge in [0, 0.05) is 26.2 Å². The first-order valence-electron chi connectivity index (χ1n) is 9.62. The highest BCUT2D eigenvalue weighted by Gasteiger charge is 2.61. The van der Waals surface area contributed by atoms with Gasteiger partial charge in [0.1, 0.15) is 0 Å². The summed E-state index contributed by atoms with van der Waals surface area (Å²) in [5.41, 5.74) is 1.31. The number of ether oxygens (including phenoxy) is 1. The van der Waals surface area contributed by atoms with Crippen molar-refractivity contribution in [3.8, 4) is 0 Å². The predicted molar refractivity (Wildman–Crippen MR) is 96.9 cm³/mol. The number of amides is 2. The molecular formula is C20H32N2O3. The van der Waals surface area contributed by atoms with E-state index in [0.717, 1.165) is 19.4 Å². The molecule has 1 aliphatic carbocycles. The summed E-state index contributed by atoms with van der Waals surface area (Å²) in [5.74, 6) is 0.809. The van der Waals surface area contributed by atoms with Gasteiger partial charge in [-0.2, -0.15) is 0 Å². The average Bonchev–Trinajstić information content (AvgIpc) is 3.13. The van der Waals surface area contributed by atoms with Crippen molar-refractivity contribution in [2.75, 3.05) is 39.4 Å². The lowest BCUT2D eigenvalue weighted by Crippen LogP contribution is -2.50. The molecule has 25 heavy (non-hydrogen) atoms. The molecule has 2 heterocycles. The first-order chi connectivity index (χ1) is 11.8. The van der Waals surface area contributed by atoms with Crippen LogP contribution in [0.5, 0.6) is 0 Å². The molecule has 140 valence electrons. The van der Waals surface area contributed by atoms with Crippen LogP contribution < -0.4 is 0 Å². The Kier molecular flexibility index (Phi) is 5.24. The molecule has 0 aromatic carbocycles. The van der Waals surface area contributed by atoms with E-state index in [1.54, 1.807) is 0 Å². The standard InChI is InChI=1S/C20H32N2O3/c1-14(2)12-16-17(20(16,3)4)19(24)22-7-5-6-15(13-22)18(23)21-8-10-25-11-9-21/h12,15-17H,5-11,13H2,1-4H3/t15-,16+,17+/m0/s1. The molecule has 3 atom stereocenters. The van der Waals surface area contributed by atoms with Crippen molar-refractivity contribution < 1.29 is 14.3 Å². The van der Waals surface area contributed by atoms with Crippen LogP contribution in [0.2, 0.25) is 0 Å². The Hall–Kier alpha value is -1.36. The second-order valence-corrected chi connectivity index (χ2v) is 8.63. The third-order valence-corrected chi connectivity index (χ3v) is 6.09. The molecule has 3 rings (SSSR count). The van der Waals surface area contributed by atoms with Crippen molar-refractivity contribution in [2.45, 2.75) is 40.5 Å². The first kappa shape index (κ1) is 18.4. The quantitative estimate of drug-likeness (QED) is 0.736. The number of nitrogens with zero attached hydrogens (tertiary/aromatic N) is 2. The second-order valence-electron chi connectivity index (χ2n) is 8.63. The van der Waals surface area contributed by atoms with Gasteiger partial charge < -0.3 is 14.5 Å². The van der Waals surface area contributed by atoms with Crippen molar-refractivity contribution in [3.05, 3.63) is 11.6 Å². The van der Waals surface area contributed by atoms with Gasteiger partial charge in [-0.15, -0.1) is 0 Å². The number of morpholine rings is 1. The molecular weight excluding hydrogens is 316 g/mol. The van der Waals surface area contributed by atoms with E-state index >= 15 is 0 Å². The zero-order valence-corrected chi connectivity index (χ0v) is 16.1. The van der Waals surface area contributed by atoms with Crippen molar-refractivity contribution in [3.63, 3.8) is 0 Å². The summed E-state index contributed by atoms with van der Waals surface area (Å²) in [7, 11) is 0. The van der Waals surface area contributed by atoms with Crippen LogP contribution in [0.25, 0.3) is 0 Å². The van der Waals surface area contributed by atoms with E-state index in [1.807, 2.05) is 9.80 Å². The van der Waals surface area contributed by atoms with Gasteiger partial charge in [0.25, 0.3) is 0 Å². The molecule has 0 bridgehead atoms. The Morgan fingerprint density at radius 2 is 1.72 bits per heavy atom. The van der Waals surface area contributed by atoms with E-state index in [9.17, 15) is 9.59 Å². The molecule has 2 aliphatic heterocycles. The van der Waals surface area contributed by atoms with Gasteiger partial charge in [0.2, 0.25) is 11.8 Å². The number of hydrogen-bond acceptors (Lipinski definition) is 3. The summed E-state index contributed by atoms with van der Waals surface area (Å²) in [6.45, 7) is 12.5. The summed E-state index contributed by atoms with van der Waals surface area (Å²) >= 11 is 0. The fourth-order valence-electron chi connectivity index (χ4n) is 4.44. The number of rotatable bonds is 3. The topological polar surface area (TPSA) is 49.9 Å². The van der Waals surface area contributed by atoms with Gasteiger partial charge in [-0.1, -0.05) is 25.5 Å². The number of likely N-dealkylation sites (tertiary alicyclic amines) is 1. The smallest absolute Gasteiger partial charge is 0.227 e. The normalized spacial score (nSPS) is 31.4. The van der Waals surface area contributed by atoms with Crippen LogP contribution in [0.1, 0.15) is 40.5 Å². The highest BCUT2D eigenvalue weighted by Crippen LogP contribution is 2.60. The van der Waals surface area contributed by atoms with Crippen LogP contribution in [-0.4, -0.2) is 61.0 Å². The molecule has 0 unspecified atom stereocenters. The molecule has 5 heteroatoms. The molecule has 2 saturated heterocycles. The summed E-state index contributed by atoms with van der Waals surface area (Å²) in [5, 5.41) is 0. The molecule has 0 spiro atoms. The zero-order chi connectivity index (χ0) is 18.2. The molecule has 1 saturated carbocycles. The van der Waals surface area contributed by atoms with E-state index in [-0.39, 0.29) is 29.1 Å². The van der Waals surface area contributed by atoms with Crippen molar-refractivity contribution in [1.29, 1.82) is 0 Å². The minimum absolute atomic E-state index is 0.0372. The molecule has 3 fully saturated rings. The van der Waals surface area contributed by atoms with Crippen LogP contribution in [0.15, 0.2) is 11.6 Å². The summed E-state index contributed by atoms with van der Waals surface area (Å²) < 4.78 is 5.34. The molecule has 2 amide bonds. The monoisotopic (exact) mass is 348 g/mol. The van der Waals surface area contributed by atoms with Gasteiger partial charge >= 0.3 is 0 Å². The van der Waals surface area contributed by atoms with Crippen LogP contribution in [0, 0.1) is 23.2 Å². The van der Waals surface area contributed by atoms with E-state index in [0.29, 0.717) is 38.8 Å². The minimum Gasteiger partial charge on any atom is -0.378 e. The van der Waals surface area contributed by atoms with Gasteiger partial charge in [0.05, 0.1) is 25.0 Å². The number of hydrogen-bond donors (Lipinski definition) is 0. The zero-order valence-electron chi connectivity index (χ0n) is 16.1. The second kappa shape index (κ2) is 7.10. The molecule has 0 aromatic heterocycles. The third-order valence-electron chi connectivity index (χ3n) is 6.09. The SMILES string of the molecule is CC(C)=C[C@@H]1[C@H](C(=O)N2CCC[C@H](C(=O)N3CCOCC3)C2)C1(C)C. The van der Waals surface area contributed by atoms with Crippen LogP contribution >= 0.6 is 0 Å². The summed E-state index contributed by atoms with van der Waals surface area (Å²) in [4.78, 5) is 29.7. The maximum atomic E-state index is 13.1.